The summed E-state index contributed by atoms with van der Waals surface area (Å²) in [7, 11) is 0. The lowest BCUT2D eigenvalue weighted by Crippen LogP contribution is -2.27. The minimum absolute atomic E-state index is 0.0880. The van der Waals surface area contributed by atoms with E-state index in [-0.39, 0.29) is 18.0 Å². The average Bonchev–Trinajstić information content (AvgIpc) is 2.83. The van der Waals surface area contributed by atoms with Crippen LogP contribution in [0.15, 0.2) is 0 Å². The molecule has 1 amide bonds. The Morgan fingerprint density at radius 1 is 1.41 bits per heavy atom. The third-order valence-corrected chi connectivity index (χ3v) is 4.84. The molecule has 1 aromatic rings. The van der Waals surface area contributed by atoms with Gasteiger partial charge in [-0.05, 0) is 18.4 Å². The molecule has 2 rings (SSSR count). The summed E-state index contributed by atoms with van der Waals surface area (Å²) in [5, 5.41) is 3.41. The lowest BCUT2D eigenvalue weighted by Gasteiger charge is -2.26. The zero-order valence-electron chi connectivity index (χ0n) is 13.5. The van der Waals surface area contributed by atoms with Gasteiger partial charge in [0.1, 0.15) is 5.00 Å². The highest BCUT2D eigenvalue weighted by Crippen LogP contribution is 2.39. The standard InChI is InChI=1S/C16H23NO4S/c1-5-13(18)17-15-14(16(19)20-6-2)10-7-11(9(3)4)21-8-12(10)22-15/h9,11H,5-8H2,1-4H3,(H,17,18)/t11-/m0/s1. The average molecular weight is 325 g/mol. The smallest absolute Gasteiger partial charge is 0.341 e. The van der Waals surface area contributed by atoms with Crippen LogP contribution in [-0.4, -0.2) is 24.6 Å². The first kappa shape index (κ1) is 17.0. The summed E-state index contributed by atoms with van der Waals surface area (Å²) in [4.78, 5) is 25.1. The third-order valence-electron chi connectivity index (χ3n) is 3.72. The van der Waals surface area contributed by atoms with Gasteiger partial charge in [0, 0.05) is 17.7 Å². The molecule has 0 aliphatic carbocycles. The van der Waals surface area contributed by atoms with Crippen LogP contribution in [0.25, 0.3) is 0 Å². The summed E-state index contributed by atoms with van der Waals surface area (Å²) in [5.41, 5.74) is 1.48. The van der Waals surface area contributed by atoms with Gasteiger partial charge in [-0.2, -0.15) is 0 Å². The minimum Gasteiger partial charge on any atom is -0.462 e. The van der Waals surface area contributed by atoms with E-state index in [9.17, 15) is 9.59 Å². The SMILES string of the molecule is CCOC(=O)c1c(NC(=O)CC)sc2c1C[C@@H](C(C)C)OC2. The Morgan fingerprint density at radius 2 is 2.14 bits per heavy atom. The molecule has 5 nitrogen and oxygen atoms in total. The normalized spacial score (nSPS) is 17.2. The molecular formula is C16H23NO4S. The zero-order valence-corrected chi connectivity index (χ0v) is 14.3. The van der Waals surface area contributed by atoms with Gasteiger partial charge in [0.05, 0.1) is 24.9 Å². The van der Waals surface area contributed by atoms with Crippen LogP contribution in [0.1, 0.15) is 54.9 Å². The summed E-state index contributed by atoms with van der Waals surface area (Å²) < 4.78 is 11.0. The van der Waals surface area contributed by atoms with E-state index in [1.54, 1.807) is 13.8 Å². The fourth-order valence-electron chi connectivity index (χ4n) is 2.44. The molecule has 22 heavy (non-hydrogen) atoms. The van der Waals surface area contributed by atoms with Crippen molar-refractivity contribution >= 4 is 28.2 Å². The van der Waals surface area contributed by atoms with E-state index in [2.05, 4.69) is 19.2 Å². The first-order chi connectivity index (χ1) is 10.5. The van der Waals surface area contributed by atoms with Gasteiger partial charge in [-0.15, -0.1) is 11.3 Å². The number of ether oxygens (including phenoxy) is 2. The summed E-state index contributed by atoms with van der Waals surface area (Å²) in [6.07, 6.45) is 1.14. The first-order valence-electron chi connectivity index (χ1n) is 7.70. The van der Waals surface area contributed by atoms with Crippen LogP contribution in [0.5, 0.6) is 0 Å². The van der Waals surface area contributed by atoms with Gasteiger partial charge in [0.15, 0.2) is 0 Å². The van der Waals surface area contributed by atoms with Gasteiger partial charge >= 0.3 is 5.97 Å². The maximum atomic E-state index is 12.3. The molecule has 1 N–H and O–H groups in total. The molecule has 0 saturated carbocycles. The number of esters is 1. The maximum Gasteiger partial charge on any atom is 0.341 e. The molecule has 1 atom stereocenters. The Morgan fingerprint density at radius 3 is 2.73 bits per heavy atom. The minimum atomic E-state index is -0.365. The molecule has 0 radical (unpaired) electrons. The molecule has 0 spiro atoms. The Labute approximate surface area is 135 Å². The van der Waals surface area contributed by atoms with Gasteiger partial charge in [0.2, 0.25) is 5.91 Å². The van der Waals surface area contributed by atoms with Crippen molar-refractivity contribution in [2.45, 2.75) is 53.2 Å². The third kappa shape index (κ3) is 3.50. The number of amides is 1. The van der Waals surface area contributed by atoms with Gasteiger partial charge < -0.3 is 14.8 Å². The number of rotatable bonds is 5. The van der Waals surface area contributed by atoms with Crippen molar-refractivity contribution in [2.24, 2.45) is 5.92 Å². The van der Waals surface area contributed by atoms with Crippen LogP contribution in [0.4, 0.5) is 5.00 Å². The molecule has 1 aliphatic heterocycles. The lowest BCUT2D eigenvalue weighted by molar-refractivity contribution is -0.115. The van der Waals surface area contributed by atoms with Gasteiger partial charge in [-0.1, -0.05) is 20.8 Å². The van der Waals surface area contributed by atoms with Crippen molar-refractivity contribution in [3.8, 4) is 0 Å². The number of fused-ring (bicyclic) bond motifs is 1. The molecule has 122 valence electrons. The Balaban J connectivity index is 2.39. The lowest BCUT2D eigenvalue weighted by atomic mass is 9.94. The molecule has 2 heterocycles. The monoisotopic (exact) mass is 325 g/mol. The number of carbonyl (C=O) groups is 2. The molecule has 6 heteroatoms. The number of anilines is 1. The molecule has 0 fully saturated rings. The highest BCUT2D eigenvalue weighted by molar-refractivity contribution is 7.17. The highest BCUT2D eigenvalue weighted by atomic mass is 32.1. The molecule has 0 aromatic carbocycles. The number of nitrogens with one attached hydrogen (secondary N) is 1. The van der Waals surface area contributed by atoms with Crippen molar-refractivity contribution in [1.82, 2.24) is 0 Å². The van der Waals surface area contributed by atoms with E-state index in [0.29, 0.717) is 42.5 Å². The van der Waals surface area contributed by atoms with Crippen LogP contribution >= 0.6 is 11.3 Å². The second-order valence-corrected chi connectivity index (χ2v) is 6.73. The van der Waals surface area contributed by atoms with E-state index in [1.165, 1.54) is 11.3 Å². The van der Waals surface area contributed by atoms with Gasteiger partial charge in [-0.3, -0.25) is 4.79 Å². The summed E-state index contributed by atoms with van der Waals surface area (Å²) in [5.74, 6) is -0.0990. The van der Waals surface area contributed by atoms with Gasteiger partial charge in [-0.25, -0.2) is 4.79 Å². The number of hydrogen-bond donors (Lipinski definition) is 1. The van der Waals surface area contributed by atoms with Crippen LogP contribution in [0.2, 0.25) is 0 Å². The van der Waals surface area contributed by atoms with Gasteiger partial charge in [0.25, 0.3) is 0 Å². The fraction of sp³-hybridized carbons (Fsp3) is 0.625. The Bertz CT molecular complexity index is 565. The van der Waals surface area contributed by atoms with Crippen LogP contribution in [0, 0.1) is 5.92 Å². The number of carbonyl (C=O) groups excluding carboxylic acids is 2. The molecule has 0 bridgehead atoms. The van der Waals surface area contributed by atoms with Crippen molar-refractivity contribution in [3.05, 3.63) is 16.0 Å². The zero-order chi connectivity index (χ0) is 16.3. The molecule has 1 aromatic heterocycles. The van der Waals surface area contributed by atoms with Crippen LogP contribution in [-0.2, 0) is 27.3 Å². The predicted octanol–water partition coefficient (Wildman–Crippen LogP) is 3.37. The predicted molar refractivity (Wildman–Crippen MR) is 86.3 cm³/mol. The molecular weight excluding hydrogens is 302 g/mol. The second kappa shape index (κ2) is 7.24. The van der Waals surface area contributed by atoms with E-state index >= 15 is 0 Å². The maximum absolute atomic E-state index is 12.3. The van der Waals surface area contributed by atoms with Crippen molar-refractivity contribution in [3.63, 3.8) is 0 Å². The number of thiophene rings is 1. The Hall–Kier alpha value is -1.40. The van der Waals surface area contributed by atoms with Crippen molar-refractivity contribution in [1.29, 1.82) is 0 Å². The van der Waals surface area contributed by atoms with Crippen molar-refractivity contribution < 1.29 is 19.1 Å². The topological polar surface area (TPSA) is 64.6 Å². The highest BCUT2D eigenvalue weighted by Gasteiger charge is 2.31. The first-order valence-corrected chi connectivity index (χ1v) is 8.52. The van der Waals surface area contributed by atoms with E-state index < -0.39 is 0 Å². The largest absolute Gasteiger partial charge is 0.462 e. The van der Waals surface area contributed by atoms with Crippen molar-refractivity contribution in [2.75, 3.05) is 11.9 Å². The Kier molecular flexibility index (Phi) is 5.58. The molecule has 1 aliphatic rings. The van der Waals surface area contributed by atoms with E-state index in [1.807, 2.05) is 0 Å². The molecule has 0 saturated heterocycles. The van der Waals surface area contributed by atoms with Crippen LogP contribution < -0.4 is 5.32 Å². The number of hydrogen-bond acceptors (Lipinski definition) is 5. The molecule has 0 unspecified atom stereocenters. The summed E-state index contributed by atoms with van der Waals surface area (Å²) in [6, 6.07) is 0. The van der Waals surface area contributed by atoms with E-state index in [4.69, 9.17) is 9.47 Å². The summed E-state index contributed by atoms with van der Waals surface area (Å²) in [6.45, 7) is 8.56. The fourth-order valence-corrected chi connectivity index (χ4v) is 3.59. The van der Waals surface area contributed by atoms with E-state index in [0.717, 1.165) is 10.4 Å². The second-order valence-electron chi connectivity index (χ2n) is 5.63. The quantitative estimate of drug-likeness (QED) is 0.843. The van der Waals surface area contributed by atoms with Crippen LogP contribution in [0.3, 0.4) is 0 Å². The summed E-state index contributed by atoms with van der Waals surface area (Å²) >= 11 is 1.42.